The number of cyclic esters (lactones) is 1. The summed E-state index contributed by atoms with van der Waals surface area (Å²) in [6.07, 6.45) is 0. The second kappa shape index (κ2) is 5.98. The van der Waals surface area contributed by atoms with Crippen molar-refractivity contribution in [1.82, 2.24) is 0 Å². The van der Waals surface area contributed by atoms with Crippen LogP contribution in [-0.4, -0.2) is 35.7 Å². The molecule has 0 saturated carbocycles. The Bertz CT molecular complexity index is 525. The number of ether oxygens (including phenoxy) is 3. The van der Waals surface area contributed by atoms with Crippen molar-refractivity contribution in [2.45, 2.75) is 66.6 Å². The van der Waals surface area contributed by atoms with E-state index >= 15 is 0 Å². The lowest BCUT2D eigenvalue weighted by Crippen LogP contribution is -2.34. The molecular weight excluding hydrogens is 300 g/mol. The Kier molecular flexibility index (Phi) is 4.99. The van der Waals surface area contributed by atoms with Crippen molar-refractivity contribution in [1.29, 1.82) is 0 Å². The van der Waals surface area contributed by atoms with Gasteiger partial charge in [-0.15, -0.1) is 0 Å². The van der Waals surface area contributed by atoms with Crippen LogP contribution in [0.15, 0.2) is 11.1 Å². The number of hydrogen-bond donors (Lipinski definition) is 0. The van der Waals surface area contributed by atoms with Gasteiger partial charge in [-0.05, 0) is 41.5 Å². The van der Waals surface area contributed by atoms with Crippen LogP contribution in [0.25, 0.3) is 0 Å². The molecule has 1 aliphatic rings. The van der Waals surface area contributed by atoms with Crippen LogP contribution in [0.3, 0.4) is 0 Å². The fourth-order valence-electron chi connectivity index (χ4n) is 2.05. The fraction of sp³-hybridized carbons (Fsp3) is 0.706. The summed E-state index contributed by atoms with van der Waals surface area (Å²) < 4.78 is 15.6. The van der Waals surface area contributed by atoms with Crippen molar-refractivity contribution in [3.63, 3.8) is 0 Å². The highest BCUT2D eigenvalue weighted by Gasteiger charge is 2.45. The summed E-state index contributed by atoms with van der Waals surface area (Å²) >= 11 is 0. The van der Waals surface area contributed by atoms with Gasteiger partial charge < -0.3 is 14.2 Å². The summed E-state index contributed by atoms with van der Waals surface area (Å²) in [4.78, 5) is 37.1. The zero-order chi connectivity index (χ0) is 18.2. The zero-order valence-corrected chi connectivity index (χ0v) is 15.2. The van der Waals surface area contributed by atoms with Gasteiger partial charge in [0, 0.05) is 5.41 Å². The molecule has 1 heterocycles. The first-order valence-electron chi connectivity index (χ1n) is 7.53. The average Bonchev–Trinajstić information content (AvgIpc) is 2.51. The molecule has 23 heavy (non-hydrogen) atoms. The van der Waals surface area contributed by atoms with Gasteiger partial charge in [0.15, 0.2) is 5.57 Å². The Hall–Kier alpha value is -1.85. The number of carbonyl (C=O) groups is 3. The number of hydrogen-bond acceptors (Lipinski definition) is 6. The normalized spacial score (nSPS) is 17.6. The van der Waals surface area contributed by atoms with E-state index < -0.39 is 34.5 Å². The fourth-order valence-corrected chi connectivity index (χ4v) is 2.05. The molecule has 1 saturated heterocycles. The van der Waals surface area contributed by atoms with Crippen LogP contribution >= 0.6 is 0 Å². The van der Waals surface area contributed by atoms with E-state index in [1.165, 1.54) is 0 Å². The van der Waals surface area contributed by atoms with E-state index in [-0.39, 0.29) is 17.8 Å². The molecule has 0 radical (unpaired) electrons. The third-order valence-electron chi connectivity index (χ3n) is 2.90. The Morgan fingerprint density at radius 3 is 1.61 bits per heavy atom. The predicted octanol–water partition coefficient (Wildman–Crippen LogP) is 2.55. The third kappa shape index (κ3) is 5.08. The molecule has 0 amide bonds. The van der Waals surface area contributed by atoms with Crippen LogP contribution in [0.4, 0.5) is 0 Å². The highest BCUT2D eigenvalue weighted by atomic mass is 16.6. The minimum atomic E-state index is -0.881. The standard InChI is InChI=1S/C17H26O6/c1-15(2,3)22-12(18)10(13(19)23-16(4,5)6)11-14(20)21-9-17(11,7)8/h9H2,1-8H3. The van der Waals surface area contributed by atoms with Gasteiger partial charge in [-0.2, -0.15) is 0 Å². The maximum absolute atomic E-state index is 12.5. The molecule has 6 nitrogen and oxygen atoms in total. The minimum absolute atomic E-state index is 0.000926. The van der Waals surface area contributed by atoms with Gasteiger partial charge >= 0.3 is 17.9 Å². The van der Waals surface area contributed by atoms with E-state index in [0.717, 1.165) is 0 Å². The van der Waals surface area contributed by atoms with Crippen LogP contribution in [0.1, 0.15) is 55.4 Å². The summed E-state index contributed by atoms with van der Waals surface area (Å²) in [6.45, 7) is 13.6. The smallest absolute Gasteiger partial charge is 0.346 e. The Balaban J connectivity index is 3.41. The minimum Gasteiger partial charge on any atom is -0.461 e. The first kappa shape index (κ1) is 19.2. The molecular formula is C17H26O6. The largest absolute Gasteiger partial charge is 0.461 e. The molecule has 0 aromatic heterocycles. The van der Waals surface area contributed by atoms with Crippen LogP contribution < -0.4 is 0 Å². The lowest BCUT2D eigenvalue weighted by atomic mass is 9.84. The van der Waals surface area contributed by atoms with Crippen LogP contribution in [0.5, 0.6) is 0 Å². The molecule has 0 aromatic rings. The highest BCUT2D eigenvalue weighted by Crippen LogP contribution is 2.37. The SMILES string of the molecule is CC(C)(C)OC(=O)C(C(=O)OC(C)(C)C)=C1C(=O)OCC1(C)C. The molecule has 0 unspecified atom stereocenters. The molecule has 1 rings (SSSR count). The van der Waals surface area contributed by atoms with Crippen molar-refractivity contribution in [3.8, 4) is 0 Å². The molecule has 0 atom stereocenters. The van der Waals surface area contributed by atoms with E-state index in [1.54, 1.807) is 55.4 Å². The molecule has 6 heteroatoms. The maximum atomic E-state index is 12.5. The van der Waals surface area contributed by atoms with E-state index in [0.29, 0.717) is 0 Å². The van der Waals surface area contributed by atoms with Gasteiger partial charge in [-0.25, -0.2) is 14.4 Å². The molecule has 130 valence electrons. The highest BCUT2D eigenvalue weighted by molar-refractivity contribution is 6.20. The molecule has 1 fully saturated rings. The molecule has 0 aromatic carbocycles. The lowest BCUT2D eigenvalue weighted by molar-refractivity contribution is -0.159. The van der Waals surface area contributed by atoms with Gasteiger partial charge in [0.05, 0.1) is 5.57 Å². The Morgan fingerprint density at radius 2 is 1.35 bits per heavy atom. The van der Waals surface area contributed by atoms with Crippen LogP contribution in [-0.2, 0) is 28.6 Å². The third-order valence-corrected chi connectivity index (χ3v) is 2.90. The second-order valence-electron chi connectivity index (χ2n) is 8.21. The van der Waals surface area contributed by atoms with Crippen molar-refractivity contribution in [2.24, 2.45) is 5.41 Å². The number of carbonyl (C=O) groups excluding carboxylic acids is 3. The lowest BCUT2D eigenvalue weighted by Gasteiger charge is -2.25. The topological polar surface area (TPSA) is 78.9 Å². The second-order valence-corrected chi connectivity index (χ2v) is 8.21. The van der Waals surface area contributed by atoms with Crippen LogP contribution in [0, 0.1) is 5.41 Å². The van der Waals surface area contributed by atoms with Gasteiger partial charge in [0.2, 0.25) is 0 Å². The van der Waals surface area contributed by atoms with Crippen LogP contribution in [0.2, 0.25) is 0 Å². The van der Waals surface area contributed by atoms with Gasteiger partial charge in [0.1, 0.15) is 17.8 Å². The summed E-state index contributed by atoms with van der Waals surface area (Å²) in [5, 5.41) is 0. The Labute approximate surface area is 137 Å². The van der Waals surface area contributed by atoms with Crippen molar-refractivity contribution in [2.75, 3.05) is 6.61 Å². The Morgan fingerprint density at radius 1 is 0.957 bits per heavy atom. The number of esters is 3. The molecule has 0 spiro atoms. The van der Waals surface area contributed by atoms with E-state index in [9.17, 15) is 14.4 Å². The molecule has 0 aliphatic carbocycles. The summed E-state index contributed by atoms with van der Waals surface area (Å²) in [5.41, 5.74) is -2.78. The van der Waals surface area contributed by atoms with Gasteiger partial charge in [-0.1, -0.05) is 13.8 Å². The van der Waals surface area contributed by atoms with Crippen molar-refractivity contribution < 1.29 is 28.6 Å². The number of rotatable bonds is 2. The monoisotopic (exact) mass is 326 g/mol. The van der Waals surface area contributed by atoms with Crippen molar-refractivity contribution >= 4 is 17.9 Å². The van der Waals surface area contributed by atoms with E-state index in [4.69, 9.17) is 14.2 Å². The van der Waals surface area contributed by atoms with E-state index in [2.05, 4.69) is 0 Å². The quantitative estimate of drug-likeness (QED) is 0.255. The first-order valence-corrected chi connectivity index (χ1v) is 7.53. The average molecular weight is 326 g/mol. The maximum Gasteiger partial charge on any atom is 0.346 e. The van der Waals surface area contributed by atoms with Gasteiger partial charge in [0.25, 0.3) is 0 Å². The first-order chi connectivity index (χ1) is 10.1. The van der Waals surface area contributed by atoms with Crippen molar-refractivity contribution in [3.05, 3.63) is 11.1 Å². The summed E-state index contributed by atoms with van der Waals surface area (Å²) in [5.74, 6) is -2.45. The molecule has 0 bridgehead atoms. The van der Waals surface area contributed by atoms with E-state index in [1.807, 2.05) is 0 Å². The molecule has 1 aliphatic heterocycles. The van der Waals surface area contributed by atoms with Gasteiger partial charge in [-0.3, -0.25) is 0 Å². The molecule has 0 N–H and O–H groups in total. The summed E-state index contributed by atoms with van der Waals surface area (Å²) in [7, 11) is 0. The predicted molar refractivity (Wildman–Crippen MR) is 83.5 cm³/mol. The zero-order valence-electron chi connectivity index (χ0n) is 15.2. The summed E-state index contributed by atoms with van der Waals surface area (Å²) in [6, 6.07) is 0.